The van der Waals surface area contributed by atoms with Crippen molar-refractivity contribution in [1.82, 2.24) is 5.32 Å². The van der Waals surface area contributed by atoms with Crippen molar-refractivity contribution in [3.8, 4) is 0 Å². The number of hydrogen-bond donors (Lipinski definition) is 1. The van der Waals surface area contributed by atoms with E-state index in [9.17, 15) is 4.79 Å². The van der Waals surface area contributed by atoms with Crippen LogP contribution < -0.4 is 5.32 Å². The molecule has 0 saturated carbocycles. The fourth-order valence-electron chi connectivity index (χ4n) is 0.900. The number of carbonyl (C=O) groups excluding carboxylic acids is 1. The van der Waals surface area contributed by atoms with Crippen LogP contribution in [0.1, 0.15) is 33.6 Å². The highest BCUT2D eigenvalue weighted by Gasteiger charge is 2.05. The number of ether oxygens (including phenoxy) is 1. The predicted molar refractivity (Wildman–Crippen MR) is 53.6 cm³/mol. The van der Waals surface area contributed by atoms with E-state index in [1.165, 1.54) is 7.11 Å². The molecule has 1 N–H and O–H groups in total. The second-order valence-corrected chi connectivity index (χ2v) is 3.67. The van der Waals surface area contributed by atoms with Crippen molar-refractivity contribution in [2.45, 2.75) is 39.7 Å². The summed E-state index contributed by atoms with van der Waals surface area (Å²) < 4.78 is 4.54. The average Bonchev–Trinajstić information content (AvgIpc) is 2.11. The lowest BCUT2D eigenvalue weighted by Gasteiger charge is -2.16. The van der Waals surface area contributed by atoms with E-state index in [2.05, 4.69) is 30.8 Å². The van der Waals surface area contributed by atoms with Crippen molar-refractivity contribution in [2.24, 2.45) is 5.92 Å². The molecule has 13 heavy (non-hydrogen) atoms. The normalized spacial score (nSPS) is 13.0. The minimum absolute atomic E-state index is 0.126. The molecule has 0 spiro atoms. The summed E-state index contributed by atoms with van der Waals surface area (Å²) in [5.74, 6) is 0.511. The molecule has 1 atom stereocenters. The van der Waals surface area contributed by atoms with Gasteiger partial charge in [0.15, 0.2) is 0 Å². The van der Waals surface area contributed by atoms with E-state index >= 15 is 0 Å². The number of carbonyl (C=O) groups is 1. The lowest BCUT2D eigenvalue weighted by atomic mass is 10.1. The molecule has 0 aliphatic rings. The van der Waals surface area contributed by atoms with Crippen LogP contribution in [0, 0.1) is 5.92 Å². The Hall–Kier alpha value is -0.570. The van der Waals surface area contributed by atoms with Crippen molar-refractivity contribution in [3.05, 3.63) is 0 Å². The van der Waals surface area contributed by atoms with Crippen molar-refractivity contribution >= 4 is 5.97 Å². The van der Waals surface area contributed by atoms with Crippen LogP contribution in [0.3, 0.4) is 0 Å². The van der Waals surface area contributed by atoms with Crippen LogP contribution in [0.5, 0.6) is 0 Å². The molecule has 0 aromatic carbocycles. The number of nitrogens with one attached hydrogen (secondary N) is 1. The lowest BCUT2D eigenvalue weighted by molar-refractivity contribution is -0.140. The summed E-state index contributed by atoms with van der Waals surface area (Å²) in [5, 5.41) is 3.35. The molecule has 0 aromatic rings. The van der Waals surface area contributed by atoms with Gasteiger partial charge in [-0.15, -0.1) is 0 Å². The van der Waals surface area contributed by atoms with Crippen LogP contribution in [0.4, 0.5) is 0 Å². The summed E-state index contributed by atoms with van der Waals surface area (Å²) in [7, 11) is 1.42. The van der Waals surface area contributed by atoms with E-state index in [0.29, 0.717) is 18.4 Å². The fourth-order valence-corrected chi connectivity index (χ4v) is 0.900. The SMILES string of the molecule is COC(=O)CCCNC(C)C(C)C. The zero-order valence-corrected chi connectivity index (χ0v) is 9.09. The van der Waals surface area contributed by atoms with Crippen molar-refractivity contribution < 1.29 is 9.53 Å². The molecule has 1 unspecified atom stereocenters. The standard InChI is InChI=1S/C10H21NO2/c1-8(2)9(3)11-7-5-6-10(12)13-4/h8-9,11H,5-7H2,1-4H3. The molecule has 0 aliphatic carbocycles. The van der Waals surface area contributed by atoms with Crippen LogP contribution in [-0.2, 0) is 9.53 Å². The predicted octanol–water partition coefficient (Wildman–Crippen LogP) is 1.57. The number of rotatable bonds is 6. The molecular weight excluding hydrogens is 166 g/mol. The summed E-state index contributed by atoms with van der Waals surface area (Å²) in [6, 6.07) is 0.512. The molecule has 0 bridgehead atoms. The maximum atomic E-state index is 10.7. The second-order valence-electron chi connectivity index (χ2n) is 3.67. The van der Waals surface area contributed by atoms with E-state index in [1.54, 1.807) is 0 Å². The van der Waals surface area contributed by atoms with Gasteiger partial charge < -0.3 is 10.1 Å². The van der Waals surface area contributed by atoms with E-state index in [1.807, 2.05) is 0 Å². The van der Waals surface area contributed by atoms with E-state index in [-0.39, 0.29) is 5.97 Å². The Morgan fingerprint density at radius 1 is 1.38 bits per heavy atom. The van der Waals surface area contributed by atoms with E-state index in [4.69, 9.17) is 0 Å². The molecule has 0 rings (SSSR count). The first-order valence-corrected chi connectivity index (χ1v) is 4.88. The Morgan fingerprint density at radius 3 is 2.46 bits per heavy atom. The first-order valence-electron chi connectivity index (χ1n) is 4.88. The summed E-state index contributed by atoms with van der Waals surface area (Å²) in [6.07, 6.45) is 1.36. The quantitative estimate of drug-likeness (QED) is 0.507. The number of hydrogen-bond acceptors (Lipinski definition) is 3. The molecule has 3 nitrogen and oxygen atoms in total. The van der Waals surface area contributed by atoms with Gasteiger partial charge in [-0.25, -0.2) is 0 Å². The van der Waals surface area contributed by atoms with Gasteiger partial charge in [0, 0.05) is 12.5 Å². The summed E-state index contributed by atoms with van der Waals surface area (Å²) in [6.45, 7) is 7.40. The molecule has 78 valence electrons. The van der Waals surface area contributed by atoms with Crippen LogP contribution in [-0.4, -0.2) is 25.7 Å². The first-order chi connectivity index (χ1) is 6.07. The van der Waals surface area contributed by atoms with Gasteiger partial charge in [0.2, 0.25) is 0 Å². The third-order valence-corrected chi connectivity index (χ3v) is 2.25. The maximum Gasteiger partial charge on any atom is 0.305 e. The zero-order chi connectivity index (χ0) is 10.3. The van der Waals surface area contributed by atoms with Gasteiger partial charge in [-0.05, 0) is 25.8 Å². The van der Waals surface area contributed by atoms with Crippen LogP contribution in [0.25, 0.3) is 0 Å². The van der Waals surface area contributed by atoms with Crippen LogP contribution in [0.2, 0.25) is 0 Å². The van der Waals surface area contributed by atoms with E-state index in [0.717, 1.165) is 13.0 Å². The monoisotopic (exact) mass is 187 g/mol. The summed E-state index contributed by atoms with van der Waals surface area (Å²) >= 11 is 0. The Balaban J connectivity index is 3.30. The van der Waals surface area contributed by atoms with Gasteiger partial charge in [-0.2, -0.15) is 0 Å². The fraction of sp³-hybridized carbons (Fsp3) is 0.900. The Labute approximate surface area is 80.8 Å². The van der Waals surface area contributed by atoms with Gasteiger partial charge >= 0.3 is 5.97 Å². The Morgan fingerprint density at radius 2 is 2.00 bits per heavy atom. The minimum Gasteiger partial charge on any atom is -0.469 e. The molecule has 3 heteroatoms. The van der Waals surface area contributed by atoms with Gasteiger partial charge in [0.25, 0.3) is 0 Å². The van der Waals surface area contributed by atoms with E-state index < -0.39 is 0 Å². The first kappa shape index (κ1) is 12.4. The molecule has 0 fully saturated rings. The summed E-state index contributed by atoms with van der Waals surface area (Å²) in [5.41, 5.74) is 0. The summed E-state index contributed by atoms with van der Waals surface area (Å²) in [4.78, 5) is 10.7. The van der Waals surface area contributed by atoms with Crippen LogP contribution in [0.15, 0.2) is 0 Å². The third-order valence-electron chi connectivity index (χ3n) is 2.25. The van der Waals surface area contributed by atoms with Crippen molar-refractivity contribution in [2.75, 3.05) is 13.7 Å². The highest BCUT2D eigenvalue weighted by Crippen LogP contribution is 2.00. The zero-order valence-electron chi connectivity index (χ0n) is 9.09. The Kier molecular flexibility index (Phi) is 6.59. The molecular formula is C10H21NO2. The maximum absolute atomic E-state index is 10.7. The average molecular weight is 187 g/mol. The minimum atomic E-state index is -0.126. The largest absolute Gasteiger partial charge is 0.469 e. The van der Waals surface area contributed by atoms with Crippen molar-refractivity contribution in [1.29, 1.82) is 0 Å². The molecule has 0 aromatic heterocycles. The molecule has 0 saturated heterocycles. The van der Waals surface area contributed by atoms with Gasteiger partial charge in [0.1, 0.15) is 0 Å². The molecule has 0 radical (unpaired) electrons. The molecule has 0 aliphatic heterocycles. The third kappa shape index (κ3) is 6.58. The highest BCUT2D eigenvalue weighted by atomic mass is 16.5. The second kappa shape index (κ2) is 6.89. The topological polar surface area (TPSA) is 38.3 Å². The van der Waals surface area contributed by atoms with Gasteiger partial charge in [-0.1, -0.05) is 13.8 Å². The van der Waals surface area contributed by atoms with Crippen LogP contribution >= 0.6 is 0 Å². The number of esters is 1. The Bertz CT molecular complexity index is 146. The van der Waals surface area contributed by atoms with Gasteiger partial charge in [-0.3, -0.25) is 4.79 Å². The highest BCUT2D eigenvalue weighted by molar-refractivity contribution is 5.69. The smallest absolute Gasteiger partial charge is 0.305 e. The van der Waals surface area contributed by atoms with Gasteiger partial charge in [0.05, 0.1) is 7.11 Å². The van der Waals surface area contributed by atoms with Crippen molar-refractivity contribution in [3.63, 3.8) is 0 Å². The number of methoxy groups -OCH3 is 1. The lowest BCUT2D eigenvalue weighted by Crippen LogP contribution is -2.31. The molecule has 0 amide bonds. The molecule has 0 heterocycles.